The van der Waals surface area contributed by atoms with Crippen LogP contribution in [-0.2, 0) is 0 Å². The van der Waals surface area contributed by atoms with Gasteiger partial charge >= 0.3 is 0 Å². The quantitative estimate of drug-likeness (QED) is 0.926. The molecule has 0 radical (unpaired) electrons. The molecule has 3 rings (SSSR count). The van der Waals surface area contributed by atoms with Crippen molar-refractivity contribution in [3.8, 4) is 0 Å². The Morgan fingerprint density at radius 2 is 2.20 bits per heavy atom. The summed E-state index contributed by atoms with van der Waals surface area (Å²) < 4.78 is 26.6. The zero-order valence-corrected chi connectivity index (χ0v) is 10.8. The third kappa shape index (κ3) is 2.53. The molecule has 7 heteroatoms. The molecule has 1 N–H and O–H groups in total. The van der Waals surface area contributed by atoms with Crippen molar-refractivity contribution >= 4 is 0 Å². The second-order valence-corrected chi connectivity index (χ2v) is 4.98. The normalized spacial score (nSPS) is 20.8. The Labute approximate surface area is 115 Å². The van der Waals surface area contributed by atoms with Gasteiger partial charge in [-0.15, -0.1) is 10.2 Å². The summed E-state index contributed by atoms with van der Waals surface area (Å²) in [6.45, 7) is 1.77. The summed E-state index contributed by atoms with van der Waals surface area (Å²) in [7, 11) is 0. The lowest BCUT2D eigenvalue weighted by atomic mass is 9.87. The number of benzene rings is 1. The van der Waals surface area contributed by atoms with Crippen molar-refractivity contribution < 1.29 is 8.78 Å². The molecule has 1 aliphatic rings. The average Bonchev–Trinajstić information content (AvgIpc) is 2.98. The van der Waals surface area contributed by atoms with Crippen LogP contribution in [-0.4, -0.2) is 33.3 Å². The van der Waals surface area contributed by atoms with Crippen molar-refractivity contribution in [2.75, 3.05) is 13.1 Å². The van der Waals surface area contributed by atoms with Gasteiger partial charge in [-0.25, -0.2) is 8.78 Å². The summed E-state index contributed by atoms with van der Waals surface area (Å²) in [6.07, 6.45) is 3.38. The minimum Gasteiger partial charge on any atom is -0.316 e. The number of hydrogen-bond acceptors (Lipinski definition) is 4. The largest absolute Gasteiger partial charge is 0.316 e. The van der Waals surface area contributed by atoms with Gasteiger partial charge < -0.3 is 5.32 Å². The summed E-state index contributed by atoms with van der Waals surface area (Å²) in [5, 5.41) is 15.0. The fourth-order valence-electron chi connectivity index (χ4n) is 2.74. The van der Waals surface area contributed by atoms with Crippen LogP contribution in [0.3, 0.4) is 0 Å². The number of hydrogen-bond donors (Lipinski definition) is 1. The number of nitrogens with one attached hydrogen (secondary N) is 1. The highest BCUT2D eigenvalue weighted by atomic mass is 19.2. The van der Waals surface area contributed by atoms with Gasteiger partial charge in [0.2, 0.25) is 0 Å². The van der Waals surface area contributed by atoms with Gasteiger partial charge in [-0.05, 0) is 48.2 Å². The Morgan fingerprint density at radius 3 is 2.85 bits per heavy atom. The average molecular weight is 279 g/mol. The summed E-state index contributed by atoms with van der Waals surface area (Å²) in [4.78, 5) is 1.48. The first kappa shape index (κ1) is 13.1. The van der Waals surface area contributed by atoms with Gasteiger partial charge in [0.25, 0.3) is 0 Å². The molecule has 0 spiro atoms. The van der Waals surface area contributed by atoms with Crippen LogP contribution in [0.15, 0.2) is 24.5 Å². The Bertz CT molecular complexity index is 566. The smallest absolute Gasteiger partial charge is 0.162 e. The molecular formula is C13H15F2N5. The van der Waals surface area contributed by atoms with Crippen molar-refractivity contribution in [1.29, 1.82) is 0 Å². The second kappa shape index (κ2) is 5.62. The van der Waals surface area contributed by atoms with Crippen molar-refractivity contribution in [2.24, 2.45) is 5.92 Å². The number of aromatic nitrogens is 4. The van der Waals surface area contributed by atoms with Crippen LogP contribution >= 0.6 is 0 Å². The fourth-order valence-corrected chi connectivity index (χ4v) is 2.74. The standard InChI is InChI=1S/C13H15F2N5/c14-11-4-3-9(6-12(11)15)13(20-18-8-17-19-20)10-2-1-5-16-7-10/h3-4,6,8,10,13,16H,1-2,5,7H2/t10-,13+/m0/s1. The maximum absolute atomic E-state index is 13.5. The van der Waals surface area contributed by atoms with Crippen molar-refractivity contribution in [3.63, 3.8) is 0 Å². The van der Waals surface area contributed by atoms with E-state index in [2.05, 4.69) is 20.7 Å². The van der Waals surface area contributed by atoms with E-state index in [1.54, 1.807) is 6.07 Å². The third-order valence-corrected chi connectivity index (χ3v) is 3.68. The van der Waals surface area contributed by atoms with Crippen LogP contribution in [0.2, 0.25) is 0 Å². The van der Waals surface area contributed by atoms with Crippen molar-refractivity contribution in [2.45, 2.75) is 18.9 Å². The molecule has 0 amide bonds. The van der Waals surface area contributed by atoms with Crippen molar-refractivity contribution in [1.82, 2.24) is 25.5 Å². The van der Waals surface area contributed by atoms with E-state index in [4.69, 9.17) is 0 Å². The van der Waals surface area contributed by atoms with Crippen LogP contribution < -0.4 is 5.32 Å². The predicted octanol–water partition coefficient (Wildman–Crippen LogP) is 1.54. The number of tetrazole rings is 1. The maximum Gasteiger partial charge on any atom is 0.162 e. The Hall–Kier alpha value is -1.89. The van der Waals surface area contributed by atoms with Gasteiger partial charge in [-0.3, -0.25) is 0 Å². The van der Waals surface area contributed by atoms with E-state index >= 15 is 0 Å². The van der Waals surface area contributed by atoms with E-state index in [9.17, 15) is 8.78 Å². The highest BCUT2D eigenvalue weighted by Crippen LogP contribution is 2.30. The first-order valence-electron chi connectivity index (χ1n) is 6.64. The molecule has 5 nitrogen and oxygen atoms in total. The lowest BCUT2D eigenvalue weighted by molar-refractivity contribution is 0.260. The molecule has 2 heterocycles. The molecule has 0 saturated carbocycles. The molecule has 2 atom stereocenters. The number of halogens is 2. The topological polar surface area (TPSA) is 55.6 Å². The summed E-state index contributed by atoms with van der Waals surface area (Å²) >= 11 is 0. The molecule has 20 heavy (non-hydrogen) atoms. The fraction of sp³-hybridized carbons (Fsp3) is 0.462. The van der Waals surface area contributed by atoms with E-state index in [0.29, 0.717) is 5.56 Å². The summed E-state index contributed by atoms with van der Waals surface area (Å²) in [5.74, 6) is -1.47. The first-order valence-corrected chi connectivity index (χ1v) is 6.64. The first-order chi connectivity index (χ1) is 9.75. The minimum atomic E-state index is -0.851. The molecule has 0 aliphatic carbocycles. The van der Waals surface area contributed by atoms with Crippen LogP contribution in [0.25, 0.3) is 0 Å². The van der Waals surface area contributed by atoms with Crippen LogP contribution in [0, 0.1) is 17.6 Å². The van der Waals surface area contributed by atoms with Gasteiger partial charge in [0, 0.05) is 6.54 Å². The van der Waals surface area contributed by atoms with Gasteiger partial charge in [0.1, 0.15) is 6.04 Å². The monoisotopic (exact) mass is 279 g/mol. The molecule has 1 aromatic carbocycles. The molecular weight excluding hydrogens is 264 g/mol. The zero-order chi connectivity index (χ0) is 13.9. The Morgan fingerprint density at radius 1 is 1.30 bits per heavy atom. The lowest BCUT2D eigenvalue weighted by Crippen LogP contribution is -2.36. The Balaban J connectivity index is 1.98. The van der Waals surface area contributed by atoms with Crippen molar-refractivity contribution in [3.05, 3.63) is 41.7 Å². The SMILES string of the molecule is Fc1ccc([C@H]([C@H]2CCCNC2)n2ncnn2)cc1F. The molecule has 106 valence electrons. The van der Waals surface area contributed by atoms with E-state index in [0.717, 1.165) is 32.0 Å². The molecule has 2 aromatic rings. The third-order valence-electron chi connectivity index (χ3n) is 3.68. The van der Waals surface area contributed by atoms with Gasteiger partial charge in [0.15, 0.2) is 18.0 Å². The van der Waals surface area contributed by atoms with Crippen LogP contribution in [0.4, 0.5) is 8.78 Å². The van der Waals surface area contributed by atoms with E-state index < -0.39 is 11.6 Å². The summed E-state index contributed by atoms with van der Waals surface area (Å²) in [6, 6.07) is 3.71. The van der Waals surface area contributed by atoms with Gasteiger partial charge in [-0.2, -0.15) is 4.80 Å². The highest BCUT2D eigenvalue weighted by molar-refractivity contribution is 5.22. The molecule has 0 unspecified atom stereocenters. The molecule has 0 bridgehead atoms. The van der Waals surface area contributed by atoms with Crippen LogP contribution in [0.1, 0.15) is 24.4 Å². The predicted molar refractivity (Wildman–Crippen MR) is 67.9 cm³/mol. The maximum atomic E-state index is 13.5. The lowest BCUT2D eigenvalue weighted by Gasteiger charge is -2.30. The summed E-state index contributed by atoms with van der Waals surface area (Å²) in [5.41, 5.74) is 0.663. The number of rotatable bonds is 3. The molecule has 1 fully saturated rings. The van der Waals surface area contributed by atoms with E-state index in [1.807, 2.05) is 0 Å². The van der Waals surface area contributed by atoms with Crippen LogP contribution in [0.5, 0.6) is 0 Å². The number of piperidine rings is 1. The molecule has 1 aliphatic heterocycles. The minimum absolute atomic E-state index is 0.225. The van der Waals surface area contributed by atoms with Gasteiger partial charge in [-0.1, -0.05) is 6.07 Å². The zero-order valence-electron chi connectivity index (χ0n) is 10.8. The molecule has 1 aromatic heterocycles. The van der Waals surface area contributed by atoms with E-state index in [1.165, 1.54) is 17.2 Å². The van der Waals surface area contributed by atoms with Gasteiger partial charge in [0.05, 0.1) is 0 Å². The molecule has 1 saturated heterocycles. The Kier molecular flexibility index (Phi) is 3.68. The second-order valence-electron chi connectivity index (χ2n) is 4.98. The highest BCUT2D eigenvalue weighted by Gasteiger charge is 2.28. The number of nitrogens with zero attached hydrogens (tertiary/aromatic N) is 4. The van der Waals surface area contributed by atoms with E-state index in [-0.39, 0.29) is 12.0 Å².